The molecule has 0 spiro atoms. The van der Waals surface area contributed by atoms with Crippen molar-refractivity contribution in [3.63, 3.8) is 0 Å². The Bertz CT molecular complexity index is 783. The molecule has 1 aromatic heterocycles. The number of amides is 2. The maximum atomic E-state index is 12.7. The summed E-state index contributed by atoms with van der Waals surface area (Å²) in [4.78, 5) is 34.5. The highest BCUT2D eigenvalue weighted by molar-refractivity contribution is 5.85. The third-order valence-corrected chi connectivity index (χ3v) is 5.27. The molecule has 136 valence electrons. The molecule has 0 bridgehead atoms. The molecule has 2 unspecified atom stereocenters. The topological polar surface area (TPSA) is 73.1 Å². The molecular formula is C19H27N3O3. The van der Waals surface area contributed by atoms with Crippen molar-refractivity contribution in [2.24, 2.45) is 18.4 Å². The molecule has 1 aliphatic rings. The number of imidazole rings is 1. The molecule has 0 saturated heterocycles. The summed E-state index contributed by atoms with van der Waals surface area (Å²) in [7, 11) is 1.76. The van der Waals surface area contributed by atoms with Crippen LogP contribution in [0.5, 0.6) is 0 Å². The number of hydrogen-bond acceptors (Lipinski definition) is 3. The zero-order valence-corrected chi connectivity index (χ0v) is 15.6. The van der Waals surface area contributed by atoms with Crippen LogP contribution in [0.15, 0.2) is 16.9 Å². The van der Waals surface area contributed by atoms with Gasteiger partial charge in [-0.2, -0.15) is 0 Å². The standard InChI is InChI=1S/C19H27N3O3/c1-13(2)19(4)10-8-15-16(9-11-19)22(18(25)21(15)5)14(3)6-7-17(24)20-12-23/h8-14H,6-7H2,1-5H3,(H,20,23,24). The molecule has 2 amide bonds. The molecule has 25 heavy (non-hydrogen) atoms. The van der Waals surface area contributed by atoms with Gasteiger partial charge in [0.05, 0.1) is 11.4 Å². The molecule has 1 N–H and O–H groups in total. The van der Waals surface area contributed by atoms with Crippen molar-refractivity contribution in [1.29, 1.82) is 0 Å². The molecule has 2 rings (SSSR count). The fourth-order valence-corrected chi connectivity index (χ4v) is 3.02. The minimum atomic E-state index is -0.334. The zero-order chi connectivity index (χ0) is 18.8. The van der Waals surface area contributed by atoms with Crippen molar-refractivity contribution in [2.45, 2.75) is 46.6 Å². The number of nitrogens with one attached hydrogen (secondary N) is 1. The lowest BCUT2D eigenvalue weighted by Crippen LogP contribution is -2.27. The van der Waals surface area contributed by atoms with E-state index in [4.69, 9.17) is 0 Å². The van der Waals surface area contributed by atoms with Crippen LogP contribution in [0.4, 0.5) is 0 Å². The van der Waals surface area contributed by atoms with E-state index in [1.165, 1.54) is 0 Å². The van der Waals surface area contributed by atoms with Gasteiger partial charge in [0.1, 0.15) is 0 Å². The number of allylic oxidation sites excluding steroid dienone is 2. The van der Waals surface area contributed by atoms with Gasteiger partial charge < -0.3 is 0 Å². The van der Waals surface area contributed by atoms with E-state index in [1.807, 2.05) is 19.1 Å². The summed E-state index contributed by atoms with van der Waals surface area (Å²) in [5, 5.41) is 2.13. The molecule has 0 saturated carbocycles. The van der Waals surface area contributed by atoms with E-state index < -0.39 is 0 Å². The first-order chi connectivity index (χ1) is 11.7. The predicted molar refractivity (Wildman–Crippen MR) is 98.8 cm³/mol. The van der Waals surface area contributed by atoms with Crippen LogP contribution in [0.1, 0.15) is 58.0 Å². The number of imide groups is 1. The van der Waals surface area contributed by atoms with E-state index in [2.05, 4.69) is 38.2 Å². The van der Waals surface area contributed by atoms with Gasteiger partial charge >= 0.3 is 5.69 Å². The van der Waals surface area contributed by atoms with Crippen LogP contribution in [-0.4, -0.2) is 21.5 Å². The molecular weight excluding hydrogens is 318 g/mol. The van der Waals surface area contributed by atoms with Gasteiger partial charge in [0.25, 0.3) is 0 Å². The summed E-state index contributed by atoms with van der Waals surface area (Å²) < 4.78 is 3.38. The molecule has 0 aromatic carbocycles. The highest BCUT2D eigenvalue weighted by Crippen LogP contribution is 2.35. The Balaban J connectivity index is 2.38. The average molecular weight is 345 g/mol. The van der Waals surface area contributed by atoms with E-state index in [0.29, 0.717) is 18.7 Å². The molecule has 6 heteroatoms. The number of aromatic nitrogens is 2. The molecule has 0 radical (unpaired) electrons. The van der Waals surface area contributed by atoms with Crippen molar-refractivity contribution in [1.82, 2.24) is 14.5 Å². The van der Waals surface area contributed by atoms with Crippen LogP contribution in [0.3, 0.4) is 0 Å². The Morgan fingerprint density at radius 1 is 1.24 bits per heavy atom. The molecule has 6 nitrogen and oxygen atoms in total. The van der Waals surface area contributed by atoms with Crippen molar-refractivity contribution < 1.29 is 9.59 Å². The van der Waals surface area contributed by atoms with E-state index >= 15 is 0 Å². The van der Waals surface area contributed by atoms with Gasteiger partial charge in [0.2, 0.25) is 12.3 Å². The Kier molecular flexibility index (Phi) is 5.50. The van der Waals surface area contributed by atoms with Gasteiger partial charge in [-0.05, 0) is 31.4 Å². The minimum absolute atomic E-state index is 0.0764. The van der Waals surface area contributed by atoms with E-state index in [0.717, 1.165) is 11.4 Å². The quantitative estimate of drug-likeness (QED) is 0.805. The third-order valence-electron chi connectivity index (χ3n) is 5.27. The zero-order valence-electron chi connectivity index (χ0n) is 15.6. The van der Waals surface area contributed by atoms with Gasteiger partial charge in [-0.25, -0.2) is 4.79 Å². The second kappa shape index (κ2) is 7.25. The summed E-state index contributed by atoms with van der Waals surface area (Å²) in [5.41, 5.74) is 1.55. The molecule has 2 atom stereocenters. The van der Waals surface area contributed by atoms with Crippen LogP contribution in [0, 0.1) is 11.3 Å². The van der Waals surface area contributed by atoms with Gasteiger partial charge in [0, 0.05) is 24.9 Å². The summed E-state index contributed by atoms with van der Waals surface area (Å²) in [6, 6.07) is -0.152. The number of hydrogen-bond donors (Lipinski definition) is 1. The Hall–Kier alpha value is -2.37. The fourth-order valence-electron chi connectivity index (χ4n) is 3.02. The van der Waals surface area contributed by atoms with Crippen LogP contribution in [-0.2, 0) is 16.6 Å². The van der Waals surface area contributed by atoms with Crippen molar-refractivity contribution in [3.05, 3.63) is 34.0 Å². The fraction of sp³-hybridized carbons (Fsp3) is 0.526. The van der Waals surface area contributed by atoms with Crippen LogP contribution >= 0.6 is 0 Å². The van der Waals surface area contributed by atoms with Crippen molar-refractivity contribution in [3.8, 4) is 0 Å². The normalized spacial score (nSPS) is 20.2. The minimum Gasteiger partial charge on any atom is -0.299 e. The second-order valence-electron chi connectivity index (χ2n) is 7.24. The molecule has 1 aliphatic carbocycles. The second-order valence-corrected chi connectivity index (χ2v) is 7.24. The lowest BCUT2D eigenvalue weighted by Gasteiger charge is -2.26. The Morgan fingerprint density at radius 2 is 1.84 bits per heavy atom. The van der Waals surface area contributed by atoms with E-state index in [9.17, 15) is 14.4 Å². The molecule has 1 aromatic rings. The first kappa shape index (κ1) is 19.0. The first-order valence-electron chi connectivity index (χ1n) is 8.64. The Morgan fingerprint density at radius 3 is 2.40 bits per heavy atom. The van der Waals surface area contributed by atoms with Crippen LogP contribution < -0.4 is 11.0 Å². The van der Waals surface area contributed by atoms with Gasteiger partial charge in [0.15, 0.2) is 0 Å². The summed E-state index contributed by atoms with van der Waals surface area (Å²) >= 11 is 0. The number of fused-ring (bicyclic) bond motifs is 1. The van der Waals surface area contributed by atoms with Crippen LogP contribution in [0.25, 0.3) is 12.2 Å². The molecule has 0 fully saturated rings. The van der Waals surface area contributed by atoms with Crippen molar-refractivity contribution in [2.75, 3.05) is 0 Å². The van der Waals surface area contributed by atoms with Gasteiger partial charge in [-0.1, -0.05) is 32.9 Å². The summed E-state index contributed by atoms with van der Waals surface area (Å²) in [5.74, 6) is 0.0960. The van der Waals surface area contributed by atoms with Gasteiger partial charge in [-0.15, -0.1) is 0 Å². The first-order valence-corrected chi connectivity index (χ1v) is 8.64. The van der Waals surface area contributed by atoms with Gasteiger partial charge in [-0.3, -0.25) is 24.0 Å². The lowest BCUT2D eigenvalue weighted by molar-refractivity contribution is -0.125. The summed E-state index contributed by atoms with van der Waals surface area (Å²) in [6.45, 7) is 8.43. The summed E-state index contributed by atoms with van der Waals surface area (Å²) in [6.07, 6.45) is 9.37. The SMILES string of the molecule is CC(CCC(=O)NC=O)n1c2c(n(C)c1=O)C=CC(C)(C(C)C)C=C2. The highest BCUT2D eigenvalue weighted by Gasteiger charge is 2.27. The van der Waals surface area contributed by atoms with Crippen LogP contribution in [0.2, 0.25) is 0 Å². The van der Waals surface area contributed by atoms with E-state index in [-0.39, 0.29) is 29.5 Å². The maximum Gasteiger partial charge on any atom is 0.329 e. The lowest BCUT2D eigenvalue weighted by atomic mass is 9.79. The number of nitrogens with zero attached hydrogens (tertiary/aromatic N) is 2. The molecule has 1 heterocycles. The number of rotatable bonds is 6. The van der Waals surface area contributed by atoms with E-state index in [1.54, 1.807) is 16.2 Å². The largest absolute Gasteiger partial charge is 0.329 e. The molecule has 0 aliphatic heterocycles. The smallest absolute Gasteiger partial charge is 0.299 e. The highest BCUT2D eigenvalue weighted by atomic mass is 16.2. The monoisotopic (exact) mass is 345 g/mol. The number of carbonyl (C=O) groups is 2. The maximum absolute atomic E-state index is 12.7. The Labute approximate surface area is 148 Å². The predicted octanol–water partition coefficient (Wildman–Crippen LogP) is 2.50. The third kappa shape index (κ3) is 3.67. The average Bonchev–Trinajstić information content (AvgIpc) is 2.69. The van der Waals surface area contributed by atoms with Crippen molar-refractivity contribution >= 4 is 24.5 Å². The number of carbonyl (C=O) groups excluding carboxylic acids is 2.